The van der Waals surface area contributed by atoms with E-state index in [0.29, 0.717) is 17.5 Å². The molecule has 1 aromatic rings. The SMILES string of the molecule is CCc1occc1C(=O)NCC1CC(N)C1. The first-order chi connectivity index (χ1) is 7.70. The summed E-state index contributed by atoms with van der Waals surface area (Å²) in [7, 11) is 0. The number of nitrogens with two attached hydrogens (primary N) is 1. The highest BCUT2D eigenvalue weighted by Gasteiger charge is 2.26. The molecule has 0 saturated heterocycles. The van der Waals surface area contributed by atoms with Gasteiger partial charge in [-0.3, -0.25) is 4.79 Å². The highest BCUT2D eigenvalue weighted by molar-refractivity contribution is 5.95. The molecule has 1 aliphatic rings. The third kappa shape index (κ3) is 2.27. The molecule has 0 aliphatic heterocycles. The summed E-state index contributed by atoms with van der Waals surface area (Å²) in [6, 6.07) is 2.06. The lowest BCUT2D eigenvalue weighted by Crippen LogP contribution is -2.42. The number of carbonyl (C=O) groups excluding carboxylic acids is 1. The van der Waals surface area contributed by atoms with Gasteiger partial charge in [-0.1, -0.05) is 6.92 Å². The van der Waals surface area contributed by atoms with E-state index in [1.54, 1.807) is 12.3 Å². The molecule has 2 rings (SSSR count). The maximum absolute atomic E-state index is 11.8. The minimum Gasteiger partial charge on any atom is -0.469 e. The average molecular weight is 222 g/mol. The Kier molecular flexibility index (Phi) is 3.29. The molecule has 0 spiro atoms. The van der Waals surface area contributed by atoms with Crippen molar-refractivity contribution in [1.29, 1.82) is 0 Å². The van der Waals surface area contributed by atoms with E-state index in [9.17, 15) is 4.79 Å². The highest BCUT2D eigenvalue weighted by Crippen LogP contribution is 2.24. The summed E-state index contributed by atoms with van der Waals surface area (Å²) in [5.41, 5.74) is 6.35. The Hall–Kier alpha value is -1.29. The molecule has 0 aromatic carbocycles. The summed E-state index contributed by atoms with van der Waals surface area (Å²) < 4.78 is 5.22. The molecule has 1 heterocycles. The van der Waals surface area contributed by atoms with Crippen LogP contribution in [0.3, 0.4) is 0 Å². The number of furan rings is 1. The van der Waals surface area contributed by atoms with Crippen LogP contribution in [-0.4, -0.2) is 18.5 Å². The maximum Gasteiger partial charge on any atom is 0.254 e. The molecule has 88 valence electrons. The summed E-state index contributed by atoms with van der Waals surface area (Å²) in [6.07, 6.45) is 4.34. The van der Waals surface area contributed by atoms with Crippen LogP contribution in [-0.2, 0) is 6.42 Å². The Morgan fingerprint density at radius 3 is 3.00 bits per heavy atom. The van der Waals surface area contributed by atoms with Crippen molar-refractivity contribution in [3.8, 4) is 0 Å². The van der Waals surface area contributed by atoms with E-state index in [1.165, 1.54) is 0 Å². The second kappa shape index (κ2) is 4.70. The molecule has 1 amide bonds. The van der Waals surface area contributed by atoms with Crippen molar-refractivity contribution < 1.29 is 9.21 Å². The van der Waals surface area contributed by atoms with Gasteiger partial charge in [0, 0.05) is 19.0 Å². The summed E-state index contributed by atoms with van der Waals surface area (Å²) in [4.78, 5) is 11.8. The van der Waals surface area contributed by atoms with E-state index < -0.39 is 0 Å². The Labute approximate surface area is 95.2 Å². The molecule has 1 fully saturated rings. The van der Waals surface area contributed by atoms with Gasteiger partial charge in [0.05, 0.1) is 11.8 Å². The molecule has 1 aliphatic carbocycles. The van der Waals surface area contributed by atoms with Gasteiger partial charge in [-0.05, 0) is 24.8 Å². The van der Waals surface area contributed by atoms with Crippen molar-refractivity contribution >= 4 is 5.91 Å². The van der Waals surface area contributed by atoms with Gasteiger partial charge in [0.1, 0.15) is 5.76 Å². The third-order valence-corrected chi connectivity index (χ3v) is 3.13. The molecular formula is C12H18N2O2. The fourth-order valence-electron chi connectivity index (χ4n) is 2.10. The Morgan fingerprint density at radius 1 is 1.62 bits per heavy atom. The van der Waals surface area contributed by atoms with Crippen LogP contribution in [0.1, 0.15) is 35.9 Å². The van der Waals surface area contributed by atoms with Gasteiger partial charge in [0.2, 0.25) is 0 Å². The molecule has 0 radical (unpaired) electrons. The first-order valence-electron chi connectivity index (χ1n) is 5.80. The lowest BCUT2D eigenvalue weighted by molar-refractivity contribution is 0.0933. The number of hydrogen-bond donors (Lipinski definition) is 2. The normalized spacial score (nSPS) is 23.9. The zero-order valence-electron chi connectivity index (χ0n) is 9.53. The molecular weight excluding hydrogens is 204 g/mol. The fourth-order valence-corrected chi connectivity index (χ4v) is 2.10. The molecule has 1 aromatic heterocycles. The number of aryl methyl sites for hydroxylation is 1. The van der Waals surface area contributed by atoms with E-state index in [-0.39, 0.29) is 5.91 Å². The number of carbonyl (C=O) groups is 1. The zero-order chi connectivity index (χ0) is 11.5. The Morgan fingerprint density at radius 2 is 2.38 bits per heavy atom. The predicted molar refractivity (Wildman–Crippen MR) is 61.1 cm³/mol. The Balaban J connectivity index is 1.84. The standard InChI is InChI=1S/C12H18N2O2/c1-2-11-10(3-4-16-11)12(15)14-7-8-5-9(13)6-8/h3-4,8-9H,2,5-7,13H2,1H3,(H,14,15). The molecule has 16 heavy (non-hydrogen) atoms. The Bertz CT molecular complexity index is 367. The molecule has 4 nitrogen and oxygen atoms in total. The van der Waals surface area contributed by atoms with Crippen molar-refractivity contribution in [3.05, 3.63) is 23.7 Å². The van der Waals surface area contributed by atoms with E-state index in [2.05, 4.69) is 5.32 Å². The second-order valence-electron chi connectivity index (χ2n) is 4.42. The van der Waals surface area contributed by atoms with Crippen LogP contribution < -0.4 is 11.1 Å². The summed E-state index contributed by atoms with van der Waals surface area (Å²) in [5.74, 6) is 1.27. The minimum atomic E-state index is -0.0360. The quantitative estimate of drug-likeness (QED) is 0.807. The van der Waals surface area contributed by atoms with Crippen LogP contribution in [0.25, 0.3) is 0 Å². The van der Waals surface area contributed by atoms with Crippen LogP contribution in [0.5, 0.6) is 0 Å². The van der Waals surface area contributed by atoms with Crippen LogP contribution in [0.4, 0.5) is 0 Å². The lowest BCUT2D eigenvalue weighted by Gasteiger charge is -2.32. The van der Waals surface area contributed by atoms with Crippen molar-refractivity contribution in [1.82, 2.24) is 5.32 Å². The van der Waals surface area contributed by atoms with E-state index in [1.807, 2.05) is 6.92 Å². The lowest BCUT2D eigenvalue weighted by atomic mass is 9.81. The van der Waals surface area contributed by atoms with E-state index in [4.69, 9.17) is 10.2 Å². The summed E-state index contributed by atoms with van der Waals surface area (Å²) >= 11 is 0. The monoisotopic (exact) mass is 222 g/mol. The van der Waals surface area contributed by atoms with Crippen molar-refractivity contribution in [2.24, 2.45) is 11.7 Å². The van der Waals surface area contributed by atoms with Gasteiger partial charge in [-0.25, -0.2) is 0 Å². The molecule has 0 bridgehead atoms. The van der Waals surface area contributed by atoms with Crippen LogP contribution in [0, 0.1) is 5.92 Å². The number of rotatable bonds is 4. The van der Waals surface area contributed by atoms with Gasteiger partial charge in [0.25, 0.3) is 5.91 Å². The number of nitrogens with one attached hydrogen (secondary N) is 1. The minimum absolute atomic E-state index is 0.0360. The second-order valence-corrected chi connectivity index (χ2v) is 4.42. The van der Waals surface area contributed by atoms with Crippen molar-refractivity contribution in [2.45, 2.75) is 32.2 Å². The van der Waals surface area contributed by atoms with Crippen LogP contribution >= 0.6 is 0 Å². The van der Waals surface area contributed by atoms with Gasteiger partial charge in [0.15, 0.2) is 0 Å². The van der Waals surface area contributed by atoms with Gasteiger partial charge < -0.3 is 15.5 Å². The van der Waals surface area contributed by atoms with Gasteiger partial charge >= 0.3 is 0 Å². The number of amides is 1. The average Bonchev–Trinajstić information content (AvgIpc) is 2.70. The highest BCUT2D eigenvalue weighted by atomic mass is 16.3. The topological polar surface area (TPSA) is 68.3 Å². The largest absolute Gasteiger partial charge is 0.469 e. The zero-order valence-corrected chi connectivity index (χ0v) is 9.53. The fraction of sp³-hybridized carbons (Fsp3) is 0.583. The van der Waals surface area contributed by atoms with Gasteiger partial charge in [-0.15, -0.1) is 0 Å². The first kappa shape index (κ1) is 11.2. The smallest absolute Gasteiger partial charge is 0.254 e. The molecule has 4 heteroatoms. The summed E-state index contributed by atoms with van der Waals surface area (Å²) in [5, 5.41) is 2.93. The first-order valence-corrected chi connectivity index (χ1v) is 5.80. The molecule has 0 atom stereocenters. The third-order valence-electron chi connectivity index (χ3n) is 3.13. The van der Waals surface area contributed by atoms with Crippen LogP contribution in [0.15, 0.2) is 16.7 Å². The van der Waals surface area contributed by atoms with Gasteiger partial charge in [-0.2, -0.15) is 0 Å². The summed E-state index contributed by atoms with van der Waals surface area (Å²) in [6.45, 7) is 2.70. The molecule has 3 N–H and O–H groups in total. The molecule has 1 saturated carbocycles. The maximum atomic E-state index is 11.8. The van der Waals surface area contributed by atoms with Crippen LogP contribution in [0.2, 0.25) is 0 Å². The van der Waals surface area contributed by atoms with E-state index >= 15 is 0 Å². The van der Waals surface area contributed by atoms with Crippen molar-refractivity contribution in [3.63, 3.8) is 0 Å². The molecule has 0 unspecified atom stereocenters. The number of hydrogen-bond acceptors (Lipinski definition) is 3. The van der Waals surface area contributed by atoms with E-state index in [0.717, 1.165) is 31.6 Å². The van der Waals surface area contributed by atoms with Crippen molar-refractivity contribution in [2.75, 3.05) is 6.54 Å². The predicted octanol–water partition coefficient (Wildman–Crippen LogP) is 1.31.